The number of benzene rings is 3. The highest BCUT2D eigenvalue weighted by Gasteiger charge is 2.10. The monoisotopic (exact) mass is 411 g/mol. The van der Waals surface area contributed by atoms with Gasteiger partial charge < -0.3 is 4.57 Å². The van der Waals surface area contributed by atoms with Gasteiger partial charge in [0.1, 0.15) is 0 Å². The Morgan fingerprint density at radius 2 is 1.77 bits per heavy atom. The van der Waals surface area contributed by atoms with Crippen LogP contribution in [0.3, 0.4) is 0 Å². The lowest BCUT2D eigenvalue weighted by Crippen LogP contribution is -1.95. The van der Waals surface area contributed by atoms with Gasteiger partial charge in [0, 0.05) is 33.9 Å². The number of aromatic amines is 1. The molecule has 5 nitrogen and oxygen atoms in total. The number of aromatic nitrogens is 4. The standard InChI is InChI=1S/C24H21N5S/c1-3-28-21-7-5-4-6-19(21)20-14-17(10-13-22(20)28)15-25-29-23(26-27-24(29)30)18-11-8-16(2)9-12-18/h4-15H,3H2,1-2H3,(H,27,30)/b25-15+. The predicted octanol–water partition coefficient (Wildman–Crippen LogP) is 5.93. The van der Waals surface area contributed by atoms with Crippen LogP contribution in [0.4, 0.5) is 0 Å². The second kappa shape index (κ2) is 7.39. The van der Waals surface area contributed by atoms with Gasteiger partial charge in [-0.3, -0.25) is 0 Å². The number of rotatable bonds is 4. The van der Waals surface area contributed by atoms with Crippen LogP contribution in [0.1, 0.15) is 18.1 Å². The molecule has 0 radical (unpaired) electrons. The van der Waals surface area contributed by atoms with Crippen LogP contribution >= 0.6 is 12.2 Å². The normalized spacial score (nSPS) is 11.8. The first kappa shape index (κ1) is 18.5. The Bertz CT molecular complexity index is 1450. The highest BCUT2D eigenvalue weighted by Crippen LogP contribution is 2.29. The van der Waals surface area contributed by atoms with Gasteiger partial charge in [0.15, 0.2) is 5.82 Å². The molecule has 0 amide bonds. The third-order valence-corrected chi connectivity index (χ3v) is 5.66. The second-order valence-electron chi connectivity index (χ2n) is 7.31. The Balaban J connectivity index is 1.58. The molecule has 0 aliphatic carbocycles. The number of nitrogens with one attached hydrogen (secondary N) is 1. The molecule has 5 aromatic rings. The smallest absolute Gasteiger partial charge is 0.216 e. The van der Waals surface area contributed by atoms with E-state index in [1.165, 1.54) is 27.4 Å². The van der Waals surface area contributed by atoms with Crippen molar-refractivity contribution in [2.45, 2.75) is 20.4 Å². The van der Waals surface area contributed by atoms with Crippen LogP contribution in [-0.4, -0.2) is 25.7 Å². The van der Waals surface area contributed by atoms with Gasteiger partial charge in [0.05, 0.1) is 6.21 Å². The largest absolute Gasteiger partial charge is 0.341 e. The average molecular weight is 412 g/mol. The van der Waals surface area contributed by atoms with Crippen molar-refractivity contribution in [3.05, 3.63) is 82.6 Å². The summed E-state index contributed by atoms with van der Waals surface area (Å²) in [5.41, 5.74) is 5.66. The summed E-state index contributed by atoms with van der Waals surface area (Å²) in [5, 5.41) is 14.3. The van der Waals surface area contributed by atoms with E-state index in [0.717, 1.165) is 17.7 Å². The Morgan fingerprint density at radius 3 is 2.57 bits per heavy atom. The minimum absolute atomic E-state index is 0.463. The summed E-state index contributed by atoms with van der Waals surface area (Å²) < 4.78 is 4.47. The fourth-order valence-corrected chi connectivity index (χ4v) is 4.08. The second-order valence-corrected chi connectivity index (χ2v) is 7.70. The zero-order chi connectivity index (χ0) is 20.7. The first-order valence-electron chi connectivity index (χ1n) is 9.95. The minimum Gasteiger partial charge on any atom is -0.341 e. The highest BCUT2D eigenvalue weighted by atomic mass is 32.1. The number of hydrogen-bond donors (Lipinski definition) is 1. The van der Waals surface area contributed by atoms with E-state index in [1.54, 1.807) is 4.68 Å². The number of fused-ring (bicyclic) bond motifs is 3. The zero-order valence-corrected chi connectivity index (χ0v) is 17.6. The van der Waals surface area contributed by atoms with Gasteiger partial charge in [0.2, 0.25) is 4.77 Å². The summed E-state index contributed by atoms with van der Waals surface area (Å²) in [6, 6.07) is 23.1. The molecule has 0 fully saturated rings. The molecule has 3 aromatic carbocycles. The molecule has 5 rings (SSSR count). The van der Waals surface area contributed by atoms with E-state index in [2.05, 4.69) is 88.3 Å². The molecule has 2 heterocycles. The van der Waals surface area contributed by atoms with Gasteiger partial charge in [-0.15, -0.1) is 0 Å². The third kappa shape index (κ3) is 3.06. The number of aryl methyl sites for hydroxylation is 2. The third-order valence-electron chi connectivity index (χ3n) is 5.40. The van der Waals surface area contributed by atoms with E-state index < -0.39 is 0 Å². The van der Waals surface area contributed by atoms with E-state index in [4.69, 9.17) is 12.2 Å². The number of H-pyrrole nitrogens is 1. The minimum atomic E-state index is 0.463. The van der Waals surface area contributed by atoms with Crippen LogP contribution in [0.15, 0.2) is 71.8 Å². The maximum atomic E-state index is 5.40. The molecule has 0 aliphatic rings. The van der Waals surface area contributed by atoms with Crippen LogP contribution in [0.2, 0.25) is 0 Å². The van der Waals surface area contributed by atoms with Gasteiger partial charge in [0.25, 0.3) is 0 Å². The van der Waals surface area contributed by atoms with E-state index in [-0.39, 0.29) is 0 Å². The maximum absolute atomic E-state index is 5.40. The summed E-state index contributed by atoms with van der Waals surface area (Å²) in [6.07, 6.45) is 1.83. The van der Waals surface area contributed by atoms with Gasteiger partial charge in [-0.1, -0.05) is 54.1 Å². The van der Waals surface area contributed by atoms with Crippen molar-refractivity contribution in [1.82, 2.24) is 19.4 Å². The van der Waals surface area contributed by atoms with Crippen LogP contribution in [-0.2, 0) is 6.54 Å². The summed E-state index contributed by atoms with van der Waals surface area (Å²) in [4.78, 5) is 0. The Hall–Kier alpha value is -3.51. The molecule has 0 bridgehead atoms. The summed E-state index contributed by atoms with van der Waals surface area (Å²) in [6.45, 7) is 5.17. The molecule has 30 heavy (non-hydrogen) atoms. The summed E-state index contributed by atoms with van der Waals surface area (Å²) in [7, 11) is 0. The predicted molar refractivity (Wildman–Crippen MR) is 126 cm³/mol. The average Bonchev–Trinajstić information content (AvgIpc) is 3.30. The molecule has 0 aliphatic heterocycles. The highest BCUT2D eigenvalue weighted by molar-refractivity contribution is 7.71. The SMILES string of the molecule is CCn1c2ccccc2c2cc(/C=N/n3c(-c4ccc(C)cc4)n[nH]c3=S)ccc21. The first-order valence-corrected chi connectivity index (χ1v) is 10.4. The topological polar surface area (TPSA) is 50.9 Å². The summed E-state index contributed by atoms with van der Waals surface area (Å²) >= 11 is 5.40. The van der Waals surface area contributed by atoms with Crippen molar-refractivity contribution >= 4 is 40.2 Å². The quantitative estimate of drug-likeness (QED) is 0.294. The molecule has 2 aromatic heterocycles. The number of hydrogen-bond acceptors (Lipinski definition) is 3. The summed E-state index contributed by atoms with van der Waals surface area (Å²) in [5.74, 6) is 0.694. The van der Waals surface area contributed by atoms with Crippen LogP contribution in [0.25, 0.3) is 33.2 Å². The van der Waals surface area contributed by atoms with E-state index in [9.17, 15) is 0 Å². The lowest BCUT2D eigenvalue weighted by Gasteiger charge is -2.03. The van der Waals surface area contributed by atoms with E-state index in [1.807, 2.05) is 18.3 Å². The van der Waals surface area contributed by atoms with Gasteiger partial charge in [-0.2, -0.15) is 14.9 Å². The molecule has 6 heteroatoms. The number of nitrogens with zero attached hydrogens (tertiary/aromatic N) is 4. The molecule has 1 N–H and O–H groups in total. The van der Waals surface area contributed by atoms with Crippen molar-refractivity contribution in [1.29, 1.82) is 0 Å². The molecule has 0 spiro atoms. The van der Waals surface area contributed by atoms with Gasteiger partial charge in [-0.05, 0) is 49.8 Å². The molecular weight excluding hydrogens is 390 g/mol. The lowest BCUT2D eigenvalue weighted by molar-refractivity contribution is 0.827. The van der Waals surface area contributed by atoms with Crippen molar-refractivity contribution < 1.29 is 0 Å². The zero-order valence-electron chi connectivity index (χ0n) is 16.8. The molecular formula is C24H21N5S. The molecule has 148 valence electrons. The molecule has 0 atom stereocenters. The Labute approximate surface area is 179 Å². The van der Waals surface area contributed by atoms with E-state index >= 15 is 0 Å². The van der Waals surface area contributed by atoms with Crippen LogP contribution < -0.4 is 0 Å². The van der Waals surface area contributed by atoms with E-state index in [0.29, 0.717) is 10.6 Å². The Morgan fingerprint density at radius 1 is 1.00 bits per heavy atom. The molecule has 0 saturated carbocycles. The number of para-hydroxylation sites is 1. The Kier molecular flexibility index (Phi) is 4.56. The van der Waals surface area contributed by atoms with Crippen molar-refractivity contribution in [3.63, 3.8) is 0 Å². The fraction of sp³-hybridized carbons (Fsp3) is 0.125. The first-order chi connectivity index (χ1) is 14.7. The van der Waals surface area contributed by atoms with Gasteiger partial charge >= 0.3 is 0 Å². The maximum Gasteiger partial charge on any atom is 0.216 e. The fourth-order valence-electron chi connectivity index (χ4n) is 3.90. The molecule has 0 saturated heterocycles. The lowest BCUT2D eigenvalue weighted by atomic mass is 10.1. The van der Waals surface area contributed by atoms with Crippen molar-refractivity contribution in [2.24, 2.45) is 5.10 Å². The van der Waals surface area contributed by atoms with Gasteiger partial charge in [-0.25, -0.2) is 5.10 Å². The van der Waals surface area contributed by atoms with Crippen molar-refractivity contribution in [2.75, 3.05) is 0 Å². The molecule has 0 unspecified atom stereocenters. The van der Waals surface area contributed by atoms with Crippen LogP contribution in [0, 0.1) is 11.7 Å². The van der Waals surface area contributed by atoms with Crippen molar-refractivity contribution in [3.8, 4) is 11.4 Å². The van der Waals surface area contributed by atoms with Crippen LogP contribution in [0.5, 0.6) is 0 Å².